The van der Waals surface area contributed by atoms with Crippen molar-refractivity contribution in [3.05, 3.63) is 35.3 Å². The molecule has 2 aromatic heterocycles. The lowest BCUT2D eigenvalue weighted by atomic mass is 9.99. The molecule has 172 valence electrons. The molecule has 1 aliphatic carbocycles. The van der Waals surface area contributed by atoms with E-state index in [4.69, 9.17) is 9.97 Å². The first-order chi connectivity index (χ1) is 15.5. The number of rotatable bonds is 6. The summed E-state index contributed by atoms with van der Waals surface area (Å²) in [6.07, 6.45) is 11.7. The molecule has 32 heavy (non-hydrogen) atoms. The van der Waals surface area contributed by atoms with Crippen LogP contribution in [0.3, 0.4) is 0 Å². The molecule has 1 atom stereocenters. The van der Waals surface area contributed by atoms with Gasteiger partial charge in [0.25, 0.3) is 0 Å². The lowest BCUT2D eigenvalue weighted by Crippen LogP contribution is -2.42. The molecule has 0 radical (unpaired) electrons. The molecule has 1 saturated heterocycles. The van der Waals surface area contributed by atoms with Gasteiger partial charge in [0.2, 0.25) is 5.91 Å². The number of aryl methyl sites for hydroxylation is 1. The van der Waals surface area contributed by atoms with E-state index in [0.29, 0.717) is 12.5 Å². The zero-order valence-corrected chi connectivity index (χ0v) is 19.8. The highest BCUT2D eigenvalue weighted by molar-refractivity contribution is 5.76. The third kappa shape index (κ3) is 4.26. The second-order valence-corrected chi connectivity index (χ2v) is 10.1. The summed E-state index contributed by atoms with van der Waals surface area (Å²) in [5.41, 5.74) is 2.41. The lowest BCUT2D eigenvalue weighted by molar-refractivity contribution is -0.136. The highest BCUT2D eigenvalue weighted by Gasteiger charge is 2.33. The van der Waals surface area contributed by atoms with Gasteiger partial charge >= 0.3 is 0 Å². The fourth-order valence-electron chi connectivity index (χ4n) is 5.34. The summed E-state index contributed by atoms with van der Waals surface area (Å²) in [5, 5.41) is 0. The molecule has 0 aromatic carbocycles. The Hall–Kier alpha value is -2.44. The number of carbonyl (C=O) groups excluding carboxylic acids is 1. The van der Waals surface area contributed by atoms with E-state index in [9.17, 15) is 4.79 Å². The van der Waals surface area contributed by atoms with E-state index in [1.165, 1.54) is 24.8 Å². The molecule has 7 heteroatoms. The first kappa shape index (κ1) is 21.4. The van der Waals surface area contributed by atoms with Crippen molar-refractivity contribution >= 4 is 11.7 Å². The van der Waals surface area contributed by atoms with Crippen molar-refractivity contribution in [2.75, 3.05) is 24.5 Å². The molecule has 1 amide bonds. The number of likely N-dealkylation sites (tertiary alicyclic amines) is 1. The van der Waals surface area contributed by atoms with E-state index in [0.717, 1.165) is 74.4 Å². The molecule has 7 nitrogen and oxygen atoms in total. The zero-order valence-electron chi connectivity index (χ0n) is 19.8. The van der Waals surface area contributed by atoms with Crippen LogP contribution in [-0.4, -0.2) is 50.0 Å². The van der Waals surface area contributed by atoms with Crippen molar-refractivity contribution in [2.45, 2.75) is 84.2 Å². The second kappa shape index (κ2) is 8.83. The van der Waals surface area contributed by atoms with Crippen LogP contribution in [0.5, 0.6) is 0 Å². The normalized spacial score (nSPS) is 21.2. The Bertz CT molecular complexity index is 979. The van der Waals surface area contributed by atoms with Gasteiger partial charge in [-0.25, -0.2) is 15.0 Å². The fourth-order valence-corrected chi connectivity index (χ4v) is 5.34. The van der Waals surface area contributed by atoms with Crippen LogP contribution < -0.4 is 4.90 Å². The van der Waals surface area contributed by atoms with Crippen molar-refractivity contribution in [3.8, 4) is 0 Å². The predicted molar refractivity (Wildman–Crippen MR) is 125 cm³/mol. The van der Waals surface area contributed by atoms with Crippen molar-refractivity contribution in [1.82, 2.24) is 24.4 Å². The Morgan fingerprint density at radius 3 is 2.75 bits per heavy atom. The second-order valence-electron chi connectivity index (χ2n) is 10.1. The summed E-state index contributed by atoms with van der Waals surface area (Å²) in [4.78, 5) is 32.5. The summed E-state index contributed by atoms with van der Waals surface area (Å²) in [5.74, 6) is 4.20. The number of hydrogen-bond acceptors (Lipinski definition) is 5. The average Bonchev–Trinajstić information content (AvgIpc) is 3.48. The van der Waals surface area contributed by atoms with Gasteiger partial charge in [-0.15, -0.1) is 0 Å². The van der Waals surface area contributed by atoms with E-state index in [1.807, 2.05) is 15.7 Å². The minimum atomic E-state index is -0.0315. The maximum atomic E-state index is 13.4. The summed E-state index contributed by atoms with van der Waals surface area (Å²) in [6, 6.07) is -0.0315. The van der Waals surface area contributed by atoms with Gasteiger partial charge in [-0.3, -0.25) is 4.79 Å². The van der Waals surface area contributed by atoms with E-state index < -0.39 is 0 Å². The van der Waals surface area contributed by atoms with Crippen LogP contribution in [0.2, 0.25) is 0 Å². The van der Waals surface area contributed by atoms with Crippen LogP contribution in [-0.2, 0) is 17.8 Å². The average molecular weight is 437 g/mol. The lowest BCUT2D eigenvalue weighted by Gasteiger charge is -2.37. The molecule has 4 heterocycles. The summed E-state index contributed by atoms with van der Waals surface area (Å²) in [7, 11) is 0. The first-order valence-electron chi connectivity index (χ1n) is 12.4. The Morgan fingerprint density at radius 2 is 1.97 bits per heavy atom. The van der Waals surface area contributed by atoms with E-state index in [2.05, 4.69) is 30.7 Å². The molecule has 0 spiro atoms. The van der Waals surface area contributed by atoms with E-state index >= 15 is 0 Å². The van der Waals surface area contributed by atoms with Gasteiger partial charge in [0.15, 0.2) is 5.82 Å². The molecule has 2 fully saturated rings. The van der Waals surface area contributed by atoms with Gasteiger partial charge in [0.1, 0.15) is 18.2 Å². The highest BCUT2D eigenvalue weighted by atomic mass is 16.2. The minimum absolute atomic E-state index is 0.0315. The minimum Gasteiger partial charge on any atom is -0.356 e. The van der Waals surface area contributed by atoms with Gasteiger partial charge < -0.3 is 14.4 Å². The zero-order chi connectivity index (χ0) is 22.2. The number of carbonyl (C=O) groups is 1. The number of fused-ring (bicyclic) bond motifs is 1. The molecular formula is C25H36N6O. The predicted octanol–water partition coefficient (Wildman–Crippen LogP) is 4.02. The Kier molecular flexibility index (Phi) is 5.91. The fraction of sp³-hybridized carbons (Fsp3) is 0.680. The highest BCUT2D eigenvalue weighted by Crippen LogP contribution is 2.36. The number of hydrogen-bond donors (Lipinski definition) is 0. The maximum absolute atomic E-state index is 13.4. The smallest absolute Gasteiger partial charge is 0.243 e. The van der Waals surface area contributed by atoms with Crippen LogP contribution in [0, 0.1) is 12.8 Å². The van der Waals surface area contributed by atoms with Crippen LogP contribution in [0.1, 0.15) is 87.2 Å². The van der Waals surface area contributed by atoms with Crippen molar-refractivity contribution in [2.24, 2.45) is 5.92 Å². The van der Waals surface area contributed by atoms with Crippen molar-refractivity contribution in [3.63, 3.8) is 0 Å². The monoisotopic (exact) mass is 436 g/mol. The van der Waals surface area contributed by atoms with Crippen LogP contribution in [0.25, 0.3) is 0 Å². The Morgan fingerprint density at radius 1 is 1.12 bits per heavy atom. The molecule has 1 saturated carbocycles. The molecule has 2 aliphatic heterocycles. The molecule has 0 N–H and O–H groups in total. The standard InChI is InChI=1S/C25H36N6O/c1-17(2)24-26-11-14-30(24)16-22(32)31-13-5-4-8-21(31)23-27-18(3)20-7-6-12-29(25(20)28-23)15-19-9-10-19/h11,14,17,19,21H,4-10,12-13,15-16H2,1-3H3/t21-/m1/s1. The molecule has 5 rings (SSSR count). The number of piperidine rings is 1. The number of aromatic nitrogens is 4. The Labute approximate surface area is 191 Å². The number of anilines is 1. The summed E-state index contributed by atoms with van der Waals surface area (Å²) < 4.78 is 2.00. The summed E-state index contributed by atoms with van der Waals surface area (Å²) in [6.45, 7) is 9.68. The van der Waals surface area contributed by atoms with E-state index in [1.54, 1.807) is 6.20 Å². The first-order valence-corrected chi connectivity index (χ1v) is 12.4. The van der Waals surface area contributed by atoms with Gasteiger partial charge in [-0.1, -0.05) is 13.8 Å². The van der Waals surface area contributed by atoms with Crippen LogP contribution >= 0.6 is 0 Å². The van der Waals surface area contributed by atoms with Crippen LogP contribution in [0.4, 0.5) is 5.82 Å². The van der Waals surface area contributed by atoms with Gasteiger partial charge in [0, 0.05) is 49.2 Å². The number of imidazole rings is 1. The Balaban J connectivity index is 1.41. The van der Waals surface area contributed by atoms with E-state index in [-0.39, 0.29) is 11.9 Å². The van der Waals surface area contributed by atoms with Gasteiger partial charge in [-0.2, -0.15) is 0 Å². The third-order valence-electron chi connectivity index (χ3n) is 7.23. The molecule has 3 aliphatic rings. The molecule has 0 unspecified atom stereocenters. The van der Waals surface area contributed by atoms with Crippen molar-refractivity contribution in [1.29, 1.82) is 0 Å². The molecule has 2 aromatic rings. The molecule has 0 bridgehead atoms. The topological polar surface area (TPSA) is 67.2 Å². The van der Waals surface area contributed by atoms with Crippen LogP contribution in [0.15, 0.2) is 12.4 Å². The van der Waals surface area contributed by atoms with Gasteiger partial charge in [0.05, 0.1) is 6.04 Å². The number of nitrogens with zero attached hydrogens (tertiary/aromatic N) is 6. The number of amides is 1. The van der Waals surface area contributed by atoms with Crippen molar-refractivity contribution < 1.29 is 4.79 Å². The quantitative estimate of drug-likeness (QED) is 0.684. The van der Waals surface area contributed by atoms with Gasteiger partial charge in [-0.05, 0) is 57.8 Å². The molecular weight excluding hydrogens is 400 g/mol. The SMILES string of the molecule is Cc1nc([C@H]2CCCCN2C(=O)Cn2ccnc2C(C)C)nc2c1CCCN2CC1CC1. The largest absolute Gasteiger partial charge is 0.356 e. The maximum Gasteiger partial charge on any atom is 0.243 e. The third-order valence-corrected chi connectivity index (χ3v) is 7.23. The summed E-state index contributed by atoms with van der Waals surface area (Å²) >= 11 is 0.